The minimum absolute atomic E-state index is 0.225. The van der Waals surface area contributed by atoms with Crippen LogP contribution in [0.2, 0.25) is 0 Å². The van der Waals surface area contributed by atoms with E-state index in [9.17, 15) is 19.2 Å². The molecule has 5 rings (SSSR count). The summed E-state index contributed by atoms with van der Waals surface area (Å²) in [5.41, 5.74) is 13.1. The number of benzene rings is 2. The fourth-order valence-corrected chi connectivity index (χ4v) is 6.46. The Labute approximate surface area is 234 Å². The normalized spacial score (nSPS) is 22.5. The molecule has 0 aliphatic carbocycles. The molecule has 2 aliphatic rings. The van der Waals surface area contributed by atoms with Crippen molar-refractivity contribution in [2.75, 3.05) is 6.61 Å². The van der Waals surface area contributed by atoms with Gasteiger partial charge in [0.25, 0.3) is 5.91 Å². The molecular weight excluding hydrogens is 532 g/mol. The van der Waals surface area contributed by atoms with Gasteiger partial charge in [0, 0.05) is 11.8 Å². The molecule has 204 valence electrons. The Morgan fingerprint density at radius 1 is 1.05 bits per heavy atom. The van der Waals surface area contributed by atoms with E-state index < -0.39 is 46.1 Å². The average molecular weight is 559 g/mol. The van der Waals surface area contributed by atoms with Gasteiger partial charge in [-0.05, 0) is 36.3 Å². The Kier molecular flexibility index (Phi) is 7.31. The molecule has 3 amide bonds. The van der Waals surface area contributed by atoms with Crippen LogP contribution in [0.25, 0.3) is 6.08 Å². The van der Waals surface area contributed by atoms with Gasteiger partial charge < -0.3 is 25.8 Å². The number of carbonyl (C=O) groups is 4. The first-order chi connectivity index (χ1) is 19.2. The summed E-state index contributed by atoms with van der Waals surface area (Å²) in [6, 6.07) is 20.4. The second-order valence-electron chi connectivity index (χ2n) is 9.58. The van der Waals surface area contributed by atoms with Crippen LogP contribution in [-0.4, -0.2) is 56.5 Å². The molecule has 0 spiro atoms. The molecule has 3 aromatic rings. The summed E-state index contributed by atoms with van der Waals surface area (Å²) in [5.74, 6) is -1.67. The summed E-state index contributed by atoms with van der Waals surface area (Å²) >= 11 is 1.29. The largest absolute Gasteiger partial charge is 0.451 e. The monoisotopic (exact) mass is 558 g/mol. The van der Waals surface area contributed by atoms with Crippen LogP contribution in [0.4, 0.5) is 4.79 Å². The van der Waals surface area contributed by atoms with Crippen molar-refractivity contribution >= 4 is 41.7 Å². The molecular formula is C29H26N4O6S. The molecule has 2 aromatic carbocycles. The first-order valence-electron chi connectivity index (χ1n) is 12.4. The number of primary amides is 2. The molecule has 1 aromatic heterocycles. The molecule has 0 saturated carbocycles. The molecule has 1 unspecified atom stereocenters. The van der Waals surface area contributed by atoms with Crippen molar-refractivity contribution in [2.24, 2.45) is 11.5 Å². The first kappa shape index (κ1) is 26.9. The molecule has 0 bridgehead atoms. The number of nitrogens with two attached hydrogens (primary N) is 2. The highest BCUT2D eigenvalue weighted by Gasteiger charge is 2.64. The Hall–Kier alpha value is -4.64. The molecule has 2 aliphatic heterocycles. The van der Waals surface area contributed by atoms with Gasteiger partial charge in [0.15, 0.2) is 6.10 Å². The van der Waals surface area contributed by atoms with Crippen molar-refractivity contribution in [1.29, 1.82) is 0 Å². The van der Waals surface area contributed by atoms with Crippen LogP contribution < -0.4 is 11.5 Å². The zero-order chi connectivity index (χ0) is 28.4. The quantitative estimate of drug-likeness (QED) is 0.243. The van der Waals surface area contributed by atoms with Crippen LogP contribution in [0.1, 0.15) is 40.2 Å². The van der Waals surface area contributed by atoms with E-state index in [1.165, 1.54) is 35.0 Å². The number of pyridine rings is 1. The third-order valence-electron chi connectivity index (χ3n) is 6.77. The minimum Gasteiger partial charge on any atom is -0.451 e. The number of thioether (sulfide) groups is 1. The van der Waals surface area contributed by atoms with E-state index in [-0.39, 0.29) is 12.2 Å². The summed E-state index contributed by atoms with van der Waals surface area (Å²) in [4.78, 5) is 56.0. The van der Waals surface area contributed by atoms with Crippen molar-refractivity contribution < 1.29 is 28.7 Å². The second-order valence-corrected chi connectivity index (χ2v) is 11.2. The van der Waals surface area contributed by atoms with E-state index in [1.807, 2.05) is 60.7 Å². The number of β-lactam (4-membered cyclic amide) rings is 1. The molecule has 4 N–H and O–H groups in total. The first-order valence-corrected chi connectivity index (χ1v) is 13.3. The average Bonchev–Trinajstić information content (AvgIpc) is 3.24. The Morgan fingerprint density at radius 3 is 2.25 bits per heavy atom. The number of nitrogens with zero attached hydrogens (tertiary/aromatic N) is 2. The van der Waals surface area contributed by atoms with Gasteiger partial charge in [0.2, 0.25) is 5.91 Å². The van der Waals surface area contributed by atoms with E-state index in [4.69, 9.17) is 20.9 Å². The van der Waals surface area contributed by atoms with Crippen molar-refractivity contribution in [1.82, 2.24) is 9.88 Å². The number of ether oxygens (including phenoxy) is 2. The molecule has 10 nitrogen and oxygen atoms in total. The number of rotatable bonds is 8. The predicted octanol–water partition coefficient (Wildman–Crippen LogP) is 3.03. The molecule has 2 saturated heterocycles. The van der Waals surface area contributed by atoms with Crippen LogP contribution in [0, 0.1) is 0 Å². The van der Waals surface area contributed by atoms with Crippen LogP contribution in [0.5, 0.6) is 0 Å². The van der Waals surface area contributed by atoms with E-state index in [2.05, 4.69) is 4.98 Å². The molecule has 11 heteroatoms. The number of hydrogen-bond acceptors (Lipinski definition) is 8. The van der Waals surface area contributed by atoms with Gasteiger partial charge in [-0.2, -0.15) is 0 Å². The van der Waals surface area contributed by atoms with Gasteiger partial charge in [-0.15, -0.1) is 11.8 Å². The van der Waals surface area contributed by atoms with Gasteiger partial charge in [0.1, 0.15) is 18.0 Å². The highest BCUT2D eigenvalue weighted by atomic mass is 32.2. The van der Waals surface area contributed by atoms with Gasteiger partial charge in [-0.25, -0.2) is 9.59 Å². The highest BCUT2D eigenvalue weighted by molar-refractivity contribution is 8.02. The van der Waals surface area contributed by atoms with E-state index in [1.54, 1.807) is 13.0 Å². The lowest BCUT2D eigenvalue weighted by atomic mass is 9.93. The number of amides is 3. The maximum absolute atomic E-state index is 13.9. The van der Waals surface area contributed by atoms with E-state index in [0.29, 0.717) is 11.3 Å². The molecule has 2 fully saturated rings. The number of hydrogen-bond donors (Lipinski definition) is 2. The minimum atomic E-state index is -1.08. The topological polar surface area (TPSA) is 155 Å². The summed E-state index contributed by atoms with van der Waals surface area (Å²) in [7, 11) is 0. The van der Waals surface area contributed by atoms with Gasteiger partial charge in [-0.3, -0.25) is 14.6 Å². The zero-order valence-electron chi connectivity index (χ0n) is 21.4. The van der Waals surface area contributed by atoms with Gasteiger partial charge >= 0.3 is 12.1 Å². The smallest absolute Gasteiger partial charge is 0.404 e. The van der Waals surface area contributed by atoms with E-state index in [0.717, 1.165) is 11.1 Å². The highest BCUT2D eigenvalue weighted by Crippen LogP contribution is 2.54. The third-order valence-corrected chi connectivity index (χ3v) is 8.35. The number of esters is 1. The van der Waals surface area contributed by atoms with Crippen LogP contribution in [-0.2, 0) is 19.1 Å². The molecule has 40 heavy (non-hydrogen) atoms. The van der Waals surface area contributed by atoms with Gasteiger partial charge in [0.05, 0.1) is 16.0 Å². The van der Waals surface area contributed by atoms with E-state index >= 15 is 0 Å². The zero-order valence-corrected chi connectivity index (χ0v) is 22.2. The number of fused-ring (bicyclic) bond motifs is 1. The van der Waals surface area contributed by atoms with Crippen LogP contribution in [0.15, 0.2) is 84.6 Å². The molecule has 3 heterocycles. The lowest BCUT2D eigenvalue weighted by Crippen LogP contribution is -2.60. The SMILES string of the molecule is C[C@@]1(COC(N)=O)SC2C(=Cc3cc(C(N)=O)ccn3)C(=O)N2[C@H]1C(=O)OC(c1ccccc1)c1ccccc1. The maximum atomic E-state index is 13.9. The molecule has 3 atom stereocenters. The van der Waals surface area contributed by atoms with Crippen LogP contribution in [0.3, 0.4) is 0 Å². The summed E-state index contributed by atoms with van der Waals surface area (Å²) < 4.78 is 10.2. The Morgan fingerprint density at radius 2 is 1.68 bits per heavy atom. The summed E-state index contributed by atoms with van der Waals surface area (Å²) in [6.07, 6.45) is 1.26. The number of carbonyl (C=O) groups excluding carboxylic acids is 4. The Balaban J connectivity index is 1.47. The van der Waals surface area contributed by atoms with Crippen molar-refractivity contribution in [3.05, 3.63) is 107 Å². The molecule has 0 radical (unpaired) electrons. The van der Waals surface area contributed by atoms with Crippen molar-refractivity contribution in [2.45, 2.75) is 29.2 Å². The summed E-state index contributed by atoms with van der Waals surface area (Å²) in [6.45, 7) is 1.50. The van der Waals surface area contributed by atoms with Crippen molar-refractivity contribution in [3.63, 3.8) is 0 Å². The third kappa shape index (κ3) is 5.15. The fraction of sp³-hybridized carbons (Fsp3) is 0.207. The summed E-state index contributed by atoms with van der Waals surface area (Å²) in [5, 5.41) is -0.544. The lowest BCUT2D eigenvalue weighted by Gasteiger charge is -2.40. The van der Waals surface area contributed by atoms with Crippen molar-refractivity contribution in [3.8, 4) is 0 Å². The second kappa shape index (κ2) is 10.9. The lowest BCUT2D eigenvalue weighted by molar-refractivity contribution is -0.161. The predicted molar refractivity (Wildman–Crippen MR) is 148 cm³/mol. The fourth-order valence-electron chi connectivity index (χ4n) is 4.86. The maximum Gasteiger partial charge on any atom is 0.404 e. The van der Waals surface area contributed by atoms with Crippen LogP contribution >= 0.6 is 11.8 Å². The van der Waals surface area contributed by atoms with Gasteiger partial charge in [-0.1, -0.05) is 60.7 Å². The Bertz CT molecular complexity index is 1460. The number of aromatic nitrogens is 1. The standard InChI is InChI=1S/C29H26N4O6S/c1-29(16-38-28(31)37)23(27(36)39-22(17-8-4-2-5-9-17)18-10-6-3-7-11-18)33-25(35)21(26(33)40-29)15-20-14-19(24(30)34)12-13-32-20/h2-15,22-23,26H,16H2,1H3,(H2,30,34)(H2,31,37)/t23-,26?,29-/m0/s1.